The molecule has 0 radical (unpaired) electrons. The second-order valence-electron chi connectivity index (χ2n) is 5.79. The molecule has 2 aromatic heterocycles. The number of nitrogens with zero attached hydrogens (tertiary/aromatic N) is 1. The van der Waals surface area contributed by atoms with Crippen LogP contribution in [0.4, 0.5) is 18.9 Å². The highest BCUT2D eigenvalue weighted by Crippen LogP contribution is 2.32. The maximum absolute atomic E-state index is 12.5. The Hall–Kier alpha value is -2.94. The number of amides is 1. The minimum Gasteiger partial charge on any atom is -0.454 e. The summed E-state index contributed by atoms with van der Waals surface area (Å²) in [5.41, 5.74) is 0.0551. The highest BCUT2D eigenvalue weighted by molar-refractivity contribution is 7.99. The van der Waals surface area contributed by atoms with Crippen LogP contribution in [0.25, 0.3) is 0 Å². The minimum absolute atomic E-state index is 0.00500. The van der Waals surface area contributed by atoms with Gasteiger partial charge in [-0.3, -0.25) is 9.59 Å². The summed E-state index contributed by atoms with van der Waals surface area (Å²) in [4.78, 5) is 24.4. The molecule has 0 atom stereocenters. The van der Waals surface area contributed by atoms with Gasteiger partial charge in [-0.1, -0.05) is 18.2 Å². The van der Waals surface area contributed by atoms with Crippen LogP contribution < -0.4 is 10.9 Å². The van der Waals surface area contributed by atoms with E-state index in [0.29, 0.717) is 22.4 Å². The number of para-hydroxylation sites is 1. The Bertz CT molecular complexity index is 1030. The minimum atomic E-state index is -4.31. The number of aromatic nitrogens is 1. The molecule has 3 rings (SSSR count). The summed E-state index contributed by atoms with van der Waals surface area (Å²) >= 11 is 0.591. The Balaban J connectivity index is 1.70. The molecule has 5 nitrogen and oxygen atoms in total. The number of carbonyl (C=O) groups excluding carboxylic acids is 1. The van der Waals surface area contributed by atoms with Gasteiger partial charge in [-0.15, -0.1) is 11.8 Å². The smallest absolute Gasteiger partial charge is 0.398 e. The molecule has 0 unspecified atom stereocenters. The van der Waals surface area contributed by atoms with Crippen molar-refractivity contribution in [3.8, 4) is 0 Å². The maximum atomic E-state index is 12.5. The molecule has 0 saturated heterocycles. The molecule has 28 heavy (non-hydrogen) atoms. The Morgan fingerprint density at radius 1 is 1.07 bits per heavy atom. The first kappa shape index (κ1) is 19.8. The monoisotopic (exact) mass is 408 g/mol. The van der Waals surface area contributed by atoms with E-state index in [0.717, 1.165) is 0 Å². The molecule has 1 N–H and O–H groups in total. The summed E-state index contributed by atoms with van der Waals surface area (Å²) < 4.78 is 44.3. The topological polar surface area (TPSA) is 64.2 Å². The van der Waals surface area contributed by atoms with Crippen molar-refractivity contribution in [2.45, 2.75) is 17.6 Å². The molecule has 0 aliphatic heterocycles. The number of furan rings is 1. The molecule has 146 valence electrons. The number of benzene rings is 1. The van der Waals surface area contributed by atoms with E-state index >= 15 is 0 Å². The summed E-state index contributed by atoms with van der Waals surface area (Å²) in [6.45, 7) is 0.158. The van der Waals surface area contributed by atoms with E-state index in [1.165, 1.54) is 28.8 Å². The van der Waals surface area contributed by atoms with E-state index in [4.69, 9.17) is 4.42 Å². The van der Waals surface area contributed by atoms with E-state index in [9.17, 15) is 22.8 Å². The molecule has 1 aromatic carbocycles. The van der Waals surface area contributed by atoms with Gasteiger partial charge in [0.05, 0.1) is 18.0 Å². The highest BCUT2D eigenvalue weighted by atomic mass is 32.2. The van der Waals surface area contributed by atoms with Crippen molar-refractivity contribution in [1.29, 1.82) is 0 Å². The molecule has 0 aliphatic rings. The molecule has 0 aliphatic carbocycles. The molecule has 0 bridgehead atoms. The second kappa shape index (κ2) is 8.39. The molecule has 9 heteroatoms. The number of pyridine rings is 1. The predicted molar refractivity (Wildman–Crippen MR) is 99.7 cm³/mol. The summed E-state index contributed by atoms with van der Waals surface area (Å²) in [6.07, 6.45) is -2.72. The van der Waals surface area contributed by atoms with Crippen molar-refractivity contribution in [2.75, 3.05) is 11.1 Å². The van der Waals surface area contributed by atoms with Crippen LogP contribution in [0.5, 0.6) is 0 Å². The van der Waals surface area contributed by atoms with E-state index < -0.39 is 17.8 Å². The van der Waals surface area contributed by atoms with Crippen LogP contribution in [0, 0.1) is 0 Å². The standard InChI is InChI=1S/C19H15F3N2O3S/c20-19(21,22)12-28-16-6-2-1-5-14(16)23-18(26)15-9-8-13(27-15)11-24-10-4-3-7-17(24)25/h1-10H,11-12H2,(H,23,26). The highest BCUT2D eigenvalue weighted by Gasteiger charge is 2.27. The first-order valence-electron chi connectivity index (χ1n) is 8.16. The summed E-state index contributed by atoms with van der Waals surface area (Å²) in [7, 11) is 0. The van der Waals surface area contributed by atoms with Gasteiger partial charge in [-0.25, -0.2) is 0 Å². The largest absolute Gasteiger partial charge is 0.454 e. The fraction of sp³-hybridized carbons (Fsp3) is 0.158. The molecule has 0 fully saturated rings. The number of halogens is 3. The summed E-state index contributed by atoms with van der Waals surface area (Å²) in [5, 5.41) is 2.56. The van der Waals surface area contributed by atoms with Gasteiger partial charge in [0.1, 0.15) is 5.76 Å². The summed E-state index contributed by atoms with van der Waals surface area (Å²) in [5.74, 6) is -1.25. The average molecular weight is 408 g/mol. The number of carbonyl (C=O) groups is 1. The van der Waals surface area contributed by atoms with Crippen LogP contribution in [0.2, 0.25) is 0 Å². The van der Waals surface area contributed by atoms with Gasteiger partial charge in [0, 0.05) is 17.2 Å². The van der Waals surface area contributed by atoms with Crippen LogP contribution in [0.1, 0.15) is 16.3 Å². The molecular formula is C19H15F3N2O3S. The molecule has 3 aromatic rings. The van der Waals surface area contributed by atoms with Gasteiger partial charge in [0.25, 0.3) is 11.5 Å². The number of hydrogen-bond acceptors (Lipinski definition) is 4. The van der Waals surface area contributed by atoms with Crippen molar-refractivity contribution in [2.24, 2.45) is 0 Å². The zero-order valence-electron chi connectivity index (χ0n) is 14.4. The fourth-order valence-electron chi connectivity index (χ4n) is 2.38. The zero-order valence-corrected chi connectivity index (χ0v) is 15.2. The second-order valence-corrected chi connectivity index (χ2v) is 6.80. The van der Waals surface area contributed by atoms with Gasteiger partial charge >= 0.3 is 6.18 Å². The van der Waals surface area contributed by atoms with Crippen molar-refractivity contribution < 1.29 is 22.4 Å². The molecule has 1 amide bonds. The Morgan fingerprint density at radius 3 is 2.57 bits per heavy atom. The van der Waals surface area contributed by atoms with Crippen molar-refractivity contribution in [1.82, 2.24) is 4.57 Å². The van der Waals surface area contributed by atoms with E-state index in [1.54, 1.807) is 36.5 Å². The number of hydrogen-bond donors (Lipinski definition) is 1. The molecular weight excluding hydrogens is 393 g/mol. The number of thioether (sulfide) groups is 1. The van der Waals surface area contributed by atoms with Crippen LogP contribution in [-0.4, -0.2) is 22.4 Å². The third kappa shape index (κ3) is 5.29. The number of anilines is 1. The predicted octanol–water partition coefficient (Wildman–Crippen LogP) is 4.40. The van der Waals surface area contributed by atoms with E-state index in [2.05, 4.69) is 5.32 Å². The lowest BCUT2D eigenvalue weighted by Gasteiger charge is -2.11. The number of nitrogens with one attached hydrogen (secondary N) is 1. The van der Waals surface area contributed by atoms with Gasteiger partial charge in [0.15, 0.2) is 5.76 Å². The lowest BCUT2D eigenvalue weighted by atomic mass is 10.3. The normalized spacial score (nSPS) is 11.4. The van der Waals surface area contributed by atoms with Gasteiger partial charge < -0.3 is 14.3 Å². The number of alkyl halides is 3. The lowest BCUT2D eigenvalue weighted by Crippen LogP contribution is -2.18. The Labute approximate surface area is 162 Å². The lowest BCUT2D eigenvalue weighted by molar-refractivity contribution is -0.105. The Morgan fingerprint density at radius 2 is 1.82 bits per heavy atom. The third-order valence-corrected chi connectivity index (χ3v) is 4.78. The first-order chi connectivity index (χ1) is 13.3. The maximum Gasteiger partial charge on any atom is 0.398 e. The Kier molecular flexibility index (Phi) is 5.93. The van der Waals surface area contributed by atoms with Crippen molar-refractivity contribution in [3.05, 3.63) is 82.7 Å². The van der Waals surface area contributed by atoms with Crippen LogP contribution in [-0.2, 0) is 6.54 Å². The van der Waals surface area contributed by atoms with Gasteiger partial charge in [-0.05, 0) is 30.3 Å². The van der Waals surface area contributed by atoms with Gasteiger partial charge in [0.2, 0.25) is 0 Å². The van der Waals surface area contributed by atoms with Crippen molar-refractivity contribution in [3.63, 3.8) is 0 Å². The van der Waals surface area contributed by atoms with E-state index in [1.807, 2.05) is 0 Å². The fourth-order valence-corrected chi connectivity index (χ4v) is 3.15. The van der Waals surface area contributed by atoms with Gasteiger partial charge in [-0.2, -0.15) is 13.2 Å². The van der Waals surface area contributed by atoms with Crippen molar-refractivity contribution >= 4 is 23.4 Å². The molecule has 0 spiro atoms. The van der Waals surface area contributed by atoms with Crippen LogP contribution in [0.3, 0.4) is 0 Å². The molecule has 0 saturated carbocycles. The third-order valence-electron chi connectivity index (χ3n) is 3.64. The zero-order chi connectivity index (χ0) is 20.1. The molecule has 2 heterocycles. The SMILES string of the molecule is O=C(Nc1ccccc1SCC(F)(F)F)c1ccc(Cn2ccccc2=O)o1. The summed E-state index contributed by atoms with van der Waals surface area (Å²) in [6, 6.07) is 14.0. The quantitative estimate of drug-likeness (QED) is 0.614. The average Bonchev–Trinajstić information content (AvgIpc) is 3.11. The van der Waals surface area contributed by atoms with E-state index in [-0.39, 0.29) is 23.6 Å². The number of rotatable bonds is 6. The van der Waals surface area contributed by atoms with Crippen LogP contribution in [0.15, 0.2) is 74.9 Å². The first-order valence-corrected chi connectivity index (χ1v) is 9.14. The van der Waals surface area contributed by atoms with Crippen LogP contribution >= 0.6 is 11.8 Å².